The molecule has 0 unspecified atom stereocenters. The quantitative estimate of drug-likeness (QED) is 0.249. The van der Waals surface area contributed by atoms with Gasteiger partial charge in [0.05, 0.1) is 0 Å². The van der Waals surface area contributed by atoms with Crippen LogP contribution >= 0.6 is 0 Å². The molecule has 0 bridgehead atoms. The minimum absolute atomic E-state index is 0.166. The normalized spacial score (nSPS) is 11.3. The molecule has 0 aliphatic rings. The molecule has 0 aromatic heterocycles. The van der Waals surface area contributed by atoms with Gasteiger partial charge in [0.25, 0.3) is 0 Å². The molecule has 0 saturated heterocycles. The molecular formula is C20H39NO. The van der Waals surface area contributed by atoms with Crippen LogP contribution in [0.3, 0.4) is 0 Å². The first kappa shape index (κ1) is 21.2. The van der Waals surface area contributed by atoms with Crippen LogP contribution in [0.2, 0.25) is 0 Å². The smallest absolute Gasteiger partial charge is 0.217 e. The second-order valence-corrected chi connectivity index (χ2v) is 6.51. The fraction of sp³-hybridized carbons (Fsp3) is 0.850. The zero-order valence-corrected chi connectivity index (χ0v) is 15.0. The van der Waals surface area contributed by atoms with E-state index in [4.69, 9.17) is 5.73 Å². The molecule has 2 N–H and O–H groups in total. The van der Waals surface area contributed by atoms with E-state index >= 15 is 0 Å². The Morgan fingerprint density at radius 2 is 1.09 bits per heavy atom. The lowest BCUT2D eigenvalue weighted by atomic mass is 10.1. The van der Waals surface area contributed by atoms with Crippen LogP contribution in [0.1, 0.15) is 110 Å². The molecule has 0 aromatic rings. The summed E-state index contributed by atoms with van der Waals surface area (Å²) in [6.45, 7) is 2.28. The standard InChI is InChI=1S/C20H39NO/c1-2-3-4-5-6-7-8-9-10-11-12-13-14-15-16-17-18-19-20(21)22/h12-13H,2-11,14-19H2,1H3,(H2,21,22)/b13-12-. The van der Waals surface area contributed by atoms with Gasteiger partial charge in [-0.05, 0) is 32.1 Å². The second kappa shape index (κ2) is 18.3. The molecular weight excluding hydrogens is 270 g/mol. The first-order valence-corrected chi connectivity index (χ1v) is 9.70. The van der Waals surface area contributed by atoms with Crippen molar-refractivity contribution in [1.82, 2.24) is 0 Å². The van der Waals surface area contributed by atoms with Gasteiger partial charge in [0, 0.05) is 6.42 Å². The molecule has 0 saturated carbocycles. The molecule has 0 aromatic carbocycles. The molecule has 2 nitrogen and oxygen atoms in total. The van der Waals surface area contributed by atoms with E-state index in [0.717, 1.165) is 12.8 Å². The van der Waals surface area contributed by atoms with Crippen molar-refractivity contribution in [2.45, 2.75) is 110 Å². The number of nitrogens with two attached hydrogens (primary N) is 1. The first-order valence-electron chi connectivity index (χ1n) is 9.70. The van der Waals surface area contributed by atoms with Crippen LogP contribution < -0.4 is 5.73 Å². The lowest BCUT2D eigenvalue weighted by Gasteiger charge is -2.00. The van der Waals surface area contributed by atoms with Gasteiger partial charge >= 0.3 is 0 Å². The highest BCUT2D eigenvalue weighted by Crippen LogP contribution is 2.11. The Labute approximate surface area is 138 Å². The van der Waals surface area contributed by atoms with Crippen LogP contribution in [-0.2, 0) is 4.79 Å². The Morgan fingerprint density at radius 3 is 1.55 bits per heavy atom. The number of rotatable bonds is 17. The summed E-state index contributed by atoms with van der Waals surface area (Å²) in [5, 5.41) is 0. The third kappa shape index (κ3) is 19.2. The molecule has 22 heavy (non-hydrogen) atoms. The zero-order chi connectivity index (χ0) is 16.3. The predicted molar refractivity (Wildman–Crippen MR) is 97.9 cm³/mol. The van der Waals surface area contributed by atoms with Crippen LogP contribution in [0.5, 0.6) is 0 Å². The number of allylic oxidation sites excluding steroid dienone is 2. The van der Waals surface area contributed by atoms with Crippen LogP contribution in [0, 0.1) is 0 Å². The Morgan fingerprint density at radius 1 is 0.682 bits per heavy atom. The van der Waals surface area contributed by atoms with E-state index in [0.29, 0.717) is 6.42 Å². The summed E-state index contributed by atoms with van der Waals surface area (Å²) >= 11 is 0. The fourth-order valence-corrected chi connectivity index (χ4v) is 2.72. The number of carbonyl (C=O) groups excluding carboxylic acids is 1. The van der Waals surface area contributed by atoms with E-state index in [-0.39, 0.29) is 5.91 Å². The molecule has 0 fully saturated rings. The Kier molecular flexibility index (Phi) is 17.6. The molecule has 130 valence electrons. The average molecular weight is 310 g/mol. The highest BCUT2D eigenvalue weighted by molar-refractivity contribution is 5.73. The number of hydrogen-bond acceptors (Lipinski definition) is 1. The van der Waals surface area contributed by atoms with Crippen LogP contribution in [-0.4, -0.2) is 5.91 Å². The number of amides is 1. The number of carbonyl (C=O) groups is 1. The van der Waals surface area contributed by atoms with E-state index in [2.05, 4.69) is 19.1 Å². The minimum Gasteiger partial charge on any atom is -0.370 e. The Hall–Kier alpha value is -0.790. The van der Waals surface area contributed by atoms with Gasteiger partial charge in [0.15, 0.2) is 0 Å². The topological polar surface area (TPSA) is 43.1 Å². The van der Waals surface area contributed by atoms with Crippen LogP contribution in [0.4, 0.5) is 0 Å². The number of hydrogen-bond donors (Lipinski definition) is 1. The van der Waals surface area contributed by atoms with Crippen LogP contribution in [0.25, 0.3) is 0 Å². The van der Waals surface area contributed by atoms with Crippen molar-refractivity contribution in [2.24, 2.45) is 5.73 Å². The summed E-state index contributed by atoms with van der Waals surface area (Å²) in [6.07, 6.45) is 24.9. The molecule has 0 aliphatic carbocycles. The van der Waals surface area contributed by atoms with Crippen LogP contribution in [0.15, 0.2) is 12.2 Å². The van der Waals surface area contributed by atoms with E-state index in [9.17, 15) is 4.79 Å². The number of primary amides is 1. The van der Waals surface area contributed by atoms with Crippen molar-refractivity contribution in [1.29, 1.82) is 0 Å². The van der Waals surface area contributed by atoms with E-state index < -0.39 is 0 Å². The third-order valence-corrected chi connectivity index (χ3v) is 4.18. The van der Waals surface area contributed by atoms with Gasteiger partial charge in [0.2, 0.25) is 5.91 Å². The van der Waals surface area contributed by atoms with Crippen molar-refractivity contribution in [2.75, 3.05) is 0 Å². The van der Waals surface area contributed by atoms with Gasteiger partial charge in [-0.1, -0.05) is 83.3 Å². The minimum atomic E-state index is -0.166. The second-order valence-electron chi connectivity index (χ2n) is 6.51. The summed E-state index contributed by atoms with van der Waals surface area (Å²) in [7, 11) is 0. The molecule has 0 radical (unpaired) electrons. The fourth-order valence-electron chi connectivity index (χ4n) is 2.72. The summed E-state index contributed by atoms with van der Waals surface area (Å²) < 4.78 is 0. The summed E-state index contributed by atoms with van der Waals surface area (Å²) in [5.41, 5.74) is 5.11. The SMILES string of the molecule is CCCCCCCCCCC/C=C\CCCCCCC(N)=O. The van der Waals surface area contributed by atoms with Crippen molar-refractivity contribution in [3.63, 3.8) is 0 Å². The maximum atomic E-state index is 10.6. The molecule has 0 aliphatic heterocycles. The summed E-state index contributed by atoms with van der Waals surface area (Å²) in [5.74, 6) is -0.166. The first-order chi connectivity index (χ1) is 10.8. The molecule has 0 spiro atoms. The van der Waals surface area contributed by atoms with E-state index in [1.807, 2.05) is 0 Å². The van der Waals surface area contributed by atoms with Crippen molar-refractivity contribution >= 4 is 5.91 Å². The monoisotopic (exact) mass is 309 g/mol. The zero-order valence-electron chi connectivity index (χ0n) is 15.0. The lowest BCUT2D eigenvalue weighted by molar-refractivity contribution is -0.118. The van der Waals surface area contributed by atoms with Crippen molar-refractivity contribution in [3.05, 3.63) is 12.2 Å². The molecule has 2 heteroatoms. The Bertz CT molecular complexity index is 260. The highest BCUT2D eigenvalue weighted by atomic mass is 16.1. The Balaban J connectivity index is 3.07. The maximum Gasteiger partial charge on any atom is 0.217 e. The molecule has 0 heterocycles. The van der Waals surface area contributed by atoms with E-state index in [1.165, 1.54) is 83.5 Å². The van der Waals surface area contributed by atoms with Gasteiger partial charge in [-0.25, -0.2) is 0 Å². The summed E-state index contributed by atoms with van der Waals surface area (Å²) in [6, 6.07) is 0. The van der Waals surface area contributed by atoms with E-state index in [1.54, 1.807) is 0 Å². The average Bonchev–Trinajstić information content (AvgIpc) is 2.50. The third-order valence-electron chi connectivity index (χ3n) is 4.18. The maximum absolute atomic E-state index is 10.6. The van der Waals surface area contributed by atoms with Gasteiger partial charge in [-0.2, -0.15) is 0 Å². The largest absolute Gasteiger partial charge is 0.370 e. The molecule has 0 rings (SSSR count). The summed E-state index contributed by atoms with van der Waals surface area (Å²) in [4.78, 5) is 10.6. The van der Waals surface area contributed by atoms with Crippen molar-refractivity contribution < 1.29 is 4.79 Å². The highest BCUT2D eigenvalue weighted by Gasteiger charge is 1.94. The van der Waals surface area contributed by atoms with Crippen molar-refractivity contribution in [3.8, 4) is 0 Å². The molecule has 0 atom stereocenters. The lowest BCUT2D eigenvalue weighted by Crippen LogP contribution is -2.09. The predicted octanol–water partition coefficient (Wildman–Crippen LogP) is 6.29. The number of unbranched alkanes of at least 4 members (excludes halogenated alkanes) is 13. The molecule has 1 amide bonds. The van der Waals surface area contributed by atoms with Gasteiger partial charge in [-0.15, -0.1) is 0 Å². The van der Waals surface area contributed by atoms with Gasteiger partial charge in [-0.3, -0.25) is 4.79 Å². The van der Waals surface area contributed by atoms with Gasteiger partial charge < -0.3 is 5.73 Å². The van der Waals surface area contributed by atoms with Gasteiger partial charge in [0.1, 0.15) is 0 Å².